The van der Waals surface area contributed by atoms with Crippen molar-refractivity contribution in [2.24, 2.45) is 23.7 Å². The van der Waals surface area contributed by atoms with Gasteiger partial charge < -0.3 is 4.74 Å². The van der Waals surface area contributed by atoms with Crippen LogP contribution in [0.5, 0.6) is 5.75 Å². The number of carbonyl (C=O) groups excluding carboxylic acids is 1. The number of halogens is 1. The fourth-order valence-corrected chi connectivity index (χ4v) is 5.67. The Balaban J connectivity index is 1.28. The van der Waals surface area contributed by atoms with Gasteiger partial charge in [-0.05, 0) is 85.9 Å². The zero-order chi connectivity index (χ0) is 20.2. The van der Waals surface area contributed by atoms with E-state index >= 15 is 0 Å². The van der Waals surface area contributed by atoms with Crippen molar-refractivity contribution in [2.75, 3.05) is 0 Å². The molecule has 0 N–H and O–H groups in total. The molecule has 3 heteroatoms. The lowest BCUT2D eigenvalue weighted by Gasteiger charge is -2.37. The molecule has 0 radical (unpaired) electrons. The van der Waals surface area contributed by atoms with Crippen LogP contribution in [0.4, 0.5) is 4.39 Å². The van der Waals surface area contributed by atoms with Crippen LogP contribution >= 0.6 is 0 Å². The molecule has 2 aliphatic carbocycles. The molecule has 0 aliphatic heterocycles. The third kappa shape index (κ3) is 4.82. The van der Waals surface area contributed by atoms with E-state index in [1.165, 1.54) is 44.6 Å². The first-order valence-corrected chi connectivity index (χ1v) is 11.5. The van der Waals surface area contributed by atoms with Crippen molar-refractivity contribution in [3.8, 4) is 5.75 Å². The van der Waals surface area contributed by atoms with E-state index in [-0.39, 0.29) is 17.7 Å². The Morgan fingerprint density at radius 1 is 0.966 bits per heavy atom. The minimum atomic E-state index is -0.248. The van der Waals surface area contributed by atoms with Gasteiger partial charge in [-0.1, -0.05) is 44.7 Å². The molecule has 0 saturated heterocycles. The van der Waals surface area contributed by atoms with Crippen molar-refractivity contribution in [1.29, 1.82) is 0 Å². The standard InChI is InChI=1S/C26H33FO2/c1-2-4-18-7-9-19(10-8-18)20-11-13-21(14-12-20)26(28)29-23-15-16-24-22(17-23)5-3-6-25(24)27/h3,5-6,15-21H,2,4,7-14H2,1H3. The van der Waals surface area contributed by atoms with E-state index in [1.807, 2.05) is 6.07 Å². The molecule has 156 valence electrons. The maximum Gasteiger partial charge on any atom is 0.314 e. The number of benzene rings is 2. The first-order chi connectivity index (χ1) is 14.1. The normalized spacial score (nSPS) is 27.7. The number of esters is 1. The molecule has 0 amide bonds. The lowest BCUT2D eigenvalue weighted by atomic mass is 9.69. The predicted molar refractivity (Wildman–Crippen MR) is 115 cm³/mol. The molecule has 2 nitrogen and oxygen atoms in total. The molecule has 29 heavy (non-hydrogen) atoms. The highest BCUT2D eigenvalue weighted by atomic mass is 19.1. The molecule has 0 bridgehead atoms. The second-order valence-corrected chi connectivity index (χ2v) is 9.23. The third-order valence-electron chi connectivity index (χ3n) is 7.38. The molecule has 0 unspecified atom stereocenters. The fourth-order valence-electron chi connectivity index (χ4n) is 5.67. The number of fused-ring (bicyclic) bond motifs is 1. The van der Waals surface area contributed by atoms with Gasteiger partial charge in [-0.2, -0.15) is 0 Å². The van der Waals surface area contributed by atoms with Crippen LogP contribution < -0.4 is 4.74 Å². The monoisotopic (exact) mass is 396 g/mol. The van der Waals surface area contributed by atoms with Crippen molar-refractivity contribution in [3.63, 3.8) is 0 Å². The fraction of sp³-hybridized carbons (Fsp3) is 0.577. The van der Waals surface area contributed by atoms with E-state index in [0.29, 0.717) is 11.1 Å². The van der Waals surface area contributed by atoms with E-state index in [9.17, 15) is 9.18 Å². The van der Waals surface area contributed by atoms with Gasteiger partial charge in [0.25, 0.3) is 0 Å². The lowest BCUT2D eigenvalue weighted by molar-refractivity contribution is -0.140. The average Bonchev–Trinajstić information content (AvgIpc) is 2.75. The van der Waals surface area contributed by atoms with Crippen LogP contribution in [-0.2, 0) is 4.79 Å². The van der Waals surface area contributed by atoms with Crippen LogP contribution in [0.2, 0.25) is 0 Å². The maximum absolute atomic E-state index is 13.8. The first kappa shape index (κ1) is 20.4. The summed E-state index contributed by atoms with van der Waals surface area (Å²) in [6, 6.07) is 10.1. The number of carbonyl (C=O) groups is 1. The number of ether oxygens (including phenoxy) is 1. The second kappa shape index (κ2) is 9.28. The van der Waals surface area contributed by atoms with Crippen LogP contribution in [0.25, 0.3) is 10.8 Å². The number of hydrogen-bond donors (Lipinski definition) is 0. The van der Waals surface area contributed by atoms with E-state index in [2.05, 4.69) is 6.92 Å². The van der Waals surface area contributed by atoms with Crippen LogP contribution in [-0.4, -0.2) is 5.97 Å². The van der Waals surface area contributed by atoms with Gasteiger partial charge >= 0.3 is 5.97 Å². The Hall–Kier alpha value is -1.90. The minimum absolute atomic E-state index is 0.00545. The summed E-state index contributed by atoms with van der Waals surface area (Å²) in [6.45, 7) is 2.29. The second-order valence-electron chi connectivity index (χ2n) is 9.23. The first-order valence-electron chi connectivity index (χ1n) is 11.5. The van der Waals surface area contributed by atoms with Gasteiger partial charge in [0.1, 0.15) is 11.6 Å². The van der Waals surface area contributed by atoms with Crippen LogP contribution in [0, 0.1) is 29.5 Å². The van der Waals surface area contributed by atoms with Crippen molar-refractivity contribution >= 4 is 16.7 Å². The van der Waals surface area contributed by atoms with Gasteiger partial charge in [0.15, 0.2) is 0 Å². The molecule has 0 heterocycles. The summed E-state index contributed by atoms with van der Waals surface area (Å²) in [4.78, 5) is 12.7. The highest BCUT2D eigenvalue weighted by Gasteiger charge is 2.33. The zero-order valence-electron chi connectivity index (χ0n) is 17.5. The van der Waals surface area contributed by atoms with Crippen LogP contribution in [0.15, 0.2) is 36.4 Å². The average molecular weight is 397 g/mol. The van der Waals surface area contributed by atoms with E-state index in [1.54, 1.807) is 24.3 Å². The predicted octanol–water partition coefficient (Wildman–Crippen LogP) is 7.30. The minimum Gasteiger partial charge on any atom is -0.426 e. The van der Waals surface area contributed by atoms with E-state index in [0.717, 1.165) is 48.8 Å². The summed E-state index contributed by atoms with van der Waals surface area (Å²) in [6.07, 6.45) is 12.5. The summed E-state index contributed by atoms with van der Waals surface area (Å²) in [5, 5.41) is 1.32. The molecular weight excluding hydrogens is 363 g/mol. The van der Waals surface area contributed by atoms with Crippen LogP contribution in [0.1, 0.15) is 71.1 Å². The van der Waals surface area contributed by atoms with Gasteiger partial charge in [-0.25, -0.2) is 4.39 Å². The summed E-state index contributed by atoms with van der Waals surface area (Å²) in [7, 11) is 0. The van der Waals surface area contributed by atoms with Gasteiger partial charge in [0.05, 0.1) is 5.92 Å². The molecule has 2 aliphatic rings. The largest absolute Gasteiger partial charge is 0.426 e. The maximum atomic E-state index is 13.8. The van der Waals surface area contributed by atoms with Crippen molar-refractivity contribution in [3.05, 3.63) is 42.2 Å². The summed E-state index contributed by atoms with van der Waals surface area (Å²) >= 11 is 0. The Morgan fingerprint density at radius 2 is 1.66 bits per heavy atom. The molecule has 0 spiro atoms. The Labute approximate surface area is 173 Å². The Bertz CT molecular complexity index is 830. The third-order valence-corrected chi connectivity index (χ3v) is 7.38. The Kier molecular flexibility index (Phi) is 6.52. The summed E-state index contributed by atoms with van der Waals surface area (Å²) in [5.41, 5.74) is 0. The molecule has 2 fully saturated rings. The van der Waals surface area contributed by atoms with Gasteiger partial charge in [0, 0.05) is 5.39 Å². The smallest absolute Gasteiger partial charge is 0.314 e. The lowest BCUT2D eigenvalue weighted by Crippen LogP contribution is -2.30. The molecule has 0 aromatic heterocycles. The molecule has 4 rings (SSSR count). The number of hydrogen-bond acceptors (Lipinski definition) is 2. The van der Waals surface area contributed by atoms with E-state index in [4.69, 9.17) is 4.74 Å². The molecule has 2 saturated carbocycles. The van der Waals surface area contributed by atoms with Crippen molar-refractivity contribution in [2.45, 2.75) is 71.1 Å². The van der Waals surface area contributed by atoms with E-state index < -0.39 is 0 Å². The topological polar surface area (TPSA) is 26.3 Å². The molecule has 0 atom stereocenters. The quantitative estimate of drug-likeness (QED) is 0.391. The molecule has 2 aromatic rings. The number of rotatable bonds is 5. The van der Waals surface area contributed by atoms with Crippen LogP contribution in [0.3, 0.4) is 0 Å². The van der Waals surface area contributed by atoms with Gasteiger partial charge in [-0.3, -0.25) is 4.79 Å². The van der Waals surface area contributed by atoms with Gasteiger partial charge in [0.2, 0.25) is 0 Å². The Morgan fingerprint density at radius 3 is 2.34 bits per heavy atom. The molecule has 2 aromatic carbocycles. The van der Waals surface area contributed by atoms with Crippen molar-refractivity contribution in [1.82, 2.24) is 0 Å². The van der Waals surface area contributed by atoms with Gasteiger partial charge in [-0.15, -0.1) is 0 Å². The molecular formula is C26H33FO2. The van der Waals surface area contributed by atoms with Crippen molar-refractivity contribution < 1.29 is 13.9 Å². The zero-order valence-corrected chi connectivity index (χ0v) is 17.5. The SMILES string of the molecule is CCCC1CCC(C2CCC(C(=O)Oc3ccc4c(F)cccc4c3)CC2)CC1. The summed E-state index contributed by atoms with van der Waals surface area (Å²) < 4.78 is 19.5. The summed E-state index contributed by atoms with van der Waals surface area (Å²) in [5.74, 6) is 2.78. The highest BCUT2D eigenvalue weighted by molar-refractivity contribution is 5.85. The highest BCUT2D eigenvalue weighted by Crippen LogP contribution is 2.42.